The molecule has 37 nitrogen and oxygen atoms in total. The summed E-state index contributed by atoms with van der Waals surface area (Å²) in [5.74, 6) is -8.26. The summed E-state index contributed by atoms with van der Waals surface area (Å²) in [6, 6.07) is 37.6. The number of likely N-dealkylation sites (N-methyl/N-ethyl adjacent to an activating group) is 1. The van der Waals surface area contributed by atoms with Crippen molar-refractivity contribution < 1.29 is 109 Å². The number of carbonyl (C=O) groups excluding carboxylic acids is 12. The van der Waals surface area contributed by atoms with Gasteiger partial charge in [-0.2, -0.15) is 0 Å². The molecule has 5 aliphatic rings. The smallest absolute Gasteiger partial charge is 0.333 e. The SMILES string of the molecule is CCCNc1ccc2c(c1)CC(=O)N(c1ccc(NC(=O)NS(=O)(=O)c3ccc(Cl)s3)cc1F)C2=O.CN(C)CCNc1ccc2c(c1)CC(=O)N(c1ccc(NC(=O)NS(=O)(=O)c3ccc(Cl)s3)cc1F)C2=O.CNc1cc2c(cc1Br)C(=O)N(c1ccc(NC(=O)NS(=O)(=O)c3ccc(Cl)s3)cc1F)C(=O)C2.O=C(Nc1ccc(N2C(=O)Cc3cc(NCC4CC4)ccc3C2=O)c(F)c1)NS(=O)(=O)c1ccc(Cl)s1. The van der Waals surface area contributed by atoms with Crippen molar-refractivity contribution in [3.8, 4) is 0 Å². The lowest BCUT2D eigenvalue weighted by Crippen LogP contribution is -2.43. The summed E-state index contributed by atoms with van der Waals surface area (Å²) < 4.78 is 166. The average Bonchev–Trinajstić information content (AvgIpc) is 0.872. The van der Waals surface area contributed by atoms with Crippen LogP contribution in [0, 0.1) is 29.2 Å². The Labute approximate surface area is 874 Å². The lowest BCUT2D eigenvalue weighted by molar-refractivity contribution is -0.118. The Kier molecular flexibility index (Phi) is 33.9. The second kappa shape index (κ2) is 45.7. The quantitative estimate of drug-likeness (QED) is 0.0168. The molecule has 17 rings (SSSR count). The lowest BCUT2D eigenvalue weighted by atomic mass is 9.97. The second-order valence-corrected chi connectivity index (χ2v) is 47.7. The van der Waals surface area contributed by atoms with Crippen molar-refractivity contribution in [2.24, 2.45) is 5.92 Å². The van der Waals surface area contributed by atoms with Gasteiger partial charge in [-0.25, -0.2) is 109 Å². The Hall–Kier alpha value is -13.5. The zero-order valence-corrected chi connectivity index (χ0v) is 87.0. The molecule has 0 bridgehead atoms. The number of nitrogens with zero attached hydrogens (tertiary/aromatic N) is 5. The number of hydrogen-bond acceptors (Lipinski definition) is 29. The predicted molar refractivity (Wildman–Crippen MR) is 552 cm³/mol. The number of anilines is 12. The Morgan fingerprint density at radius 3 is 0.904 bits per heavy atom. The summed E-state index contributed by atoms with van der Waals surface area (Å²) in [4.78, 5) is 157. The van der Waals surface area contributed by atoms with E-state index in [4.69, 9.17) is 46.4 Å². The van der Waals surface area contributed by atoms with Crippen LogP contribution in [0.4, 0.5) is 105 Å². The van der Waals surface area contributed by atoms with E-state index in [-0.39, 0.29) is 122 Å². The van der Waals surface area contributed by atoms with Crippen molar-refractivity contribution in [1.82, 2.24) is 23.8 Å². The van der Waals surface area contributed by atoms with Crippen LogP contribution in [0.15, 0.2) is 209 Å². The lowest BCUT2D eigenvalue weighted by Gasteiger charge is -2.28. The van der Waals surface area contributed by atoms with Gasteiger partial charge in [0.15, 0.2) is 0 Å². The number of rotatable bonds is 27. The van der Waals surface area contributed by atoms with Gasteiger partial charge >= 0.3 is 24.1 Å². The molecule has 0 spiro atoms. The standard InChI is InChI=1S/C24H23ClFN5O5S2.C24H20ClFN4O5S2.C23H20ClFN4O5S2.C21H15BrClFN4O5S2/c1-30(2)10-9-27-15-3-5-17-14(11-15)12-21(32)31(23(17)33)19-6-4-16(13-18(19)26)28-24(34)29-38(35,36)22-8-7-20(25)37-22;25-20-7-8-22(36-20)37(34,35)29-24(33)28-16-4-6-19(18(26)11-16)30-21(31)10-14-9-15(27-12-13-1-2-13)3-5-17(14)23(30)32;1-2-9-26-14-3-5-16-13(10-14)11-20(30)29(22(16)31)18-6-4-15(12-17(18)25)27-23(32)28-36(33,34)21-8-7-19(24)35-21;1-25-15-6-10-7-18(29)28(20(30)12(10)9-13(15)22)16-3-2-11(8-14(16)24)26-21(31)27-35(32,33)19-5-4-17(23)34-19/h3-8,11,13,27H,9-10,12H2,1-2H3,(H2,28,29,34);3-9,11,13,27H,1-2,10,12H2,(H2,28,29,33);3-8,10,12,26H,2,9,11H2,1H3,(H2,27,28,32);2-6,8-9,25H,7H2,1H3,(H2,26,27,31). The highest BCUT2D eigenvalue weighted by atomic mass is 79.9. The highest BCUT2D eigenvalue weighted by Gasteiger charge is 2.40. The Morgan fingerprint density at radius 2 is 0.644 bits per heavy atom. The van der Waals surface area contributed by atoms with Crippen LogP contribution in [0.2, 0.25) is 17.3 Å². The van der Waals surface area contributed by atoms with E-state index in [1.807, 2.05) is 30.6 Å². The maximum absolute atomic E-state index is 15.0. The number of benzene rings is 8. The summed E-state index contributed by atoms with van der Waals surface area (Å²) in [6.07, 6.45) is 2.91. The number of amides is 16. The number of hydrogen-bond donors (Lipinski definition) is 12. The third-order valence-corrected chi connectivity index (χ3v) is 34.5. The molecule has 8 aromatic carbocycles. The van der Waals surface area contributed by atoms with Crippen LogP contribution < -0.4 is 81.0 Å². The normalized spacial score (nSPS) is 13.9. The van der Waals surface area contributed by atoms with Gasteiger partial charge in [0, 0.05) is 105 Å². The number of imide groups is 4. The molecule has 0 saturated heterocycles. The zero-order chi connectivity index (χ0) is 105. The molecule has 8 heterocycles. The first-order chi connectivity index (χ1) is 69.1. The molecule has 4 aliphatic heterocycles. The molecule has 4 aromatic heterocycles. The second-order valence-electron chi connectivity index (χ2n) is 32.3. The van der Waals surface area contributed by atoms with Crippen LogP contribution in [-0.4, -0.2) is 157 Å². The maximum Gasteiger partial charge on any atom is 0.333 e. The van der Waals surface area contributed by atoms with Crippen LogP contribution in [0.1, 0.15) is 89.9 Å². The molecule has 0 unspecified atom stereocenters. The van der Waals surface area contributed by atoms with E-state index in [2.05, 4.69) is 58.5 Å². The van der Waals surface area contributed by atoms with Crippen molar-refractivity contribution in [2.45, 2.75) is 68.7 Å². The molecule has 0 atom stereocenters. The fourth-order valence-corrected chi connectivity index (χ4v) is 24.7. The Balaban J connectivity index is 0.000000154. The maximum atomic E-state index is 15.0. The van der Waals surface area contributed by atoms with Crippen molar-refractivity contribution in [2.75, 3.05) is 109 Å². The first kappa shape index (κ1) is 108. The summed E-state index contributed by atoms with van der Waals surface area (Å²) in [5, 5.41) is 21.5. The van der Waals surface area contributed by atoms with E-state index in [0.29, 0.717) is 50.4 Å². The van der Waals surface area contributed by atoms with Gasteiger partial charge in [0.05, 0.1) is 65.8 Å². The highest BCUT2D eigenvalue weighted by Crippen LogP contribution is 2.40. The van der Waals surface area contributed by atoms with Crippen LogP contribution in [0.3, 0.4) is 0 Å². The fraction of sp³-hybridized carbons (Fsp3) is 0.174. The van der Waals surface area contributed by atoms with Gasteiger partial charge < -0.3 is 47.4 Å². The first-order valence-corrected chi connectivity index (χ1v) is 54.4. The summed E-state index contributed by atoms with van der Waals surface area (Å²) in [5.41, 5.74) is 4.85. The van der Waals surface area contributed by atoms with Gasteiger partial charge in [0.1, 0.15) is 40.1 Å². The number of fused-ring (bicyclic) bond motifs is 4. The van der Waals surface area contributed by atoms with Crippen LogP contribution in [-0.2, 0) is 85.0 Å². The van der Waals surface area contributed by atoms with Crippen LogP contribution in [0.25, 0.3) is 0 Å². The zero-order valence-electron chi connectivity index (χ0n) is 75.8. The van der Waals surface area contributed by atoms with E-state index in [1.165, 1.54) is 91.7 Å². The molecule has 12 N–H and O–H groups in total. The topological polar surface area (TPSA) is 502 Å². The Bertz CT molecular complexity index is 7840. The summed E-state index contributed by atoms with van der Waals surface area (Å²) in [7, 11) is -11.1. The number of nitrogens with one attached hydrogen (secondary N) is 12. The highest BCUT2D eigenvalue weighted by molar-refractivity contribution is 9.10. The number of thiophene rings is 4. The van der Waals surface area contributed by atoms with Crippen molar-refractivity contribution in [3.63, 3.8) is 0 Å². The molecular formula is C92H78BrCl4F4N17O20S8. The van der Waals surface area contributed by atoms with Gasteiger partial charge in [-0.05, 0) is 266 Å². The largest absolute Gasteiger partial charge is 0.387 e. The molecule has 146 heavy (non-hydrogen) atoms. The van der Waals surface area contributed by atoms with E-state index < -0.39 is 135 Å². The molecule has 16 amide bonds. The summed E-state index contributed by atoms with van der Waals surface area (Å²) >= 11 is 29.3. The van der Waals surface area contributed by atoms with E-state index in [9.17, 15) is 100.0 Å². The van der Waals surface area contributed by atoms with Gasteiger partial charge in [0.2, 0.25) is 23.6 Å². The number of urea groups is 4. The minimum absolute atomic E-state index is 0.0769. The van der Waals surface area contributed by atoms with E-state index in [0.717, 1.165) is 151 Å². The summed E-state index contributed by atoms with van der Waals surface area (Å²) in [6.45, 7) is 5.07. The molecular weight excluding hydrogens is 2220 g/mol. The minimum Gasteiger partial charge on any atom is -0.387 e. The predicted octanol–water partition coefficient (Wildman–Crippen LogP) is 17.5. The Morgan fingerprint density at radius 1 is 0.370 bits per heavy atom. The van der Waals surface area contributed by atoms with Gasteiger partial charge in [0.25, 0.3) is 63.7 Å². The van der Waals surface area contributed by atoms with Crippen molar-refractivity contribution in [1.29, 1.82) is 0 Å². The molecule has 54 heteroatoms. The van der Waals surface area contributed by atoms with E-state index >= 15 is 8.78 Å². The van der Waals surface area contributed by atoms with Gasteiger partial charge in [-0.3, -0.25) is 38.4 Å². The molecule has 1 aliphatic carbocycles. The van der Waals surface area contributed by atoms with E-state index in [1.54, 1.807) is 87.9 Å². The number of carbonyl (C=O) groups is 12. The third-order valence-electron chi connectivity index (χ3n) is 21.6. The molecule has 12 aromatic rings. The number of sulfonamides is 4. The fourth-order valence-electron chi connectivity index (χ4n) is 14.6. The molecule has 0 radical (unpaired) electrons. The monoisotopic (exact) mass is 2290 g/mol. The van der Waals surface area contributed by atoms with Gasteiger partial charge in [-0.1, -0.05) is 53.3 Å². The van der Waals surface area contributed by atoms with Crippen LogP contribution in [0.5, 0.6) is 0 Å². The number of halogens is 9. The third kappa shape index (κ3) is 26.1. The molecule has 1 saturated carbocycles. The first-order valence-electron chi connectivity index (χ1n) is 42.9. The van der Waals surface area contributed by atoms with Crippen LogP contribution >= 0.6 is 108 Å². The average molecular weight is 2300 g/mol. The minimum atomic E-state index is -4.18. The van der Waals surface area contributed by atoms with Crippen molar-refractivity contribution >= 4 is 287 Å². The molecule has 1 fully saturated rings. The van der Waals surface area contributed by atoms with Gasteiger partial charge in [-0.15, -0.1) is 45.3 Å². The van der Waals surface area contributed by atoms with Crippen molar-refractivity contribution in [3.05, 3.63) is 278 Å². The molecule has 762 valence electrons.